The maximum Gasteiger partial charge on any atom is 0.152 e. The summed E-state index contributed by atoms with van der Waals surface area (Å²) >= 11 is 15.4. The van der Waals surface area contributed by atoms with E-state index in [1.807, 2.05) is 18.2 Å². The molecule has 0 bridgehead atoms. The molecule has 0 unspecified atom stereocenters. The van der Waals surface area contributed by atoms with Gasteiger partial charge in [-0.3, -0.25) is 0 Å². The van der Waals surface area contributed by atoms with E-state index in [0.29, 0.717) is 17.1 Å². The Morgan fingerprint density at radius 3 is 2.55 bits per heavy atom. The Morgan fingerprint density at radius 2 is 1.85 bits per heavy atom. The summed E-state index contributed by atoms with van der Waals surface area (Å²) < 4.78 is 0.929. The molecule has 0 spiro atoms. The Hall–Kier alpha value is -0.770. The van der Waals surface area contributed by atoms with Gasteiger partial charge in [0.25, 0.3) is 0 Å². The van der Waals surface area contributed by atoms with Gasteiger partial charge in [0.15, 0.2) is 5.15 Å². The average molecular weight is 372 g/mol. The number of pyridine rings is 1. The molecule has 20 heavy (non-hydrogen) atoms. The first-order valence-electron chi connectivity index (χ1n) is 6.45. The minimum absolute atomic E-state index is 0.448. The third-order valence-corrected chi connectivity index (χ3v) is 4.63. The van der Waals surface area contributed by atoms with E-state index in [1.165, 1.54) is 5.56 Å². The second-order valence-corrected chi connectivity index (χ2v) is 6.76. The van der Waals surface area contributed by atoms with Crippen LogP contribution >= 0.6 is 39.1 Å². The van der Waals surface area contributed by atoms with Gasteiger partial charge in [0, 0.05) is 21.7 Å². The molecular formula is C15H13BrCl2N2. The lowest BCUT2D eigenvalue weighted by Gasteiger charge is -2.37. The molecule has 0 saturated heterocycles. The van der Waals surface area contributed by atoms with E-state index in [1.54, 1.807) is 6.20 Å². The van der Waals surface area contributed by atoms with Crippen molar-refractivity contribution in [2.24, 2.45) is 0 Å². The Bertz CT molecular complexity index is 610. The van der Waals surface area contributed by atoms with Gasteiger partial charge >= 0.3 is 0 Å². The molecule has 5 heteroatoms. The zero-order valence-electron chi connectivity index (χ0n) is 10.6. The van der Waals surface area contributed by atoms with Crippen LogP contribution in [0.1, 0.15) is 24.3 Å². The maximum atomic E-state index is 6.08. The summed E-state index contributed by atoms with van der Waals surface area (Å²) in [4.78, 5) is 4.12. The fourth-order valence-electron chi connectivity index (χ4n) is 2.49. The highest BCUT2D eigenvalue weighted by atomic mass is 79.9. The number of hydrogen-bond donors (Lipinski definition) is 1. The van der Waals surface area contributed by atoms with Crippen LogP contribution < -0.4 is 5.32 Å². The number of benzene rings is 1. The number of rotatable bonds is 3. The van der Waals surface area contributed by atoms with Crippen molar-refractivity contribution in [3.8, 4) is 0 Å². The summed E-state index contributed by atoms with van der Waals surface area (Å²) in [7, 11) is 0. The lowest BCUT2D eigenvalue weighted by Crippen LogP contribution is -2.34. The third-order valence-electron chi connectivity index (χ3n) is 3.64. The van der Waals surface area contributed by atoms with Gasteiger partial charge in [0.1, 0.15) is 0 Å². The number of nitrogens with zero attached hydrogens (tertiary/aromatic N) is 1. The molecule has 1 fully saturated rings. The van der Waals surface area contributed by atoms with E-state index in [4.69, 9.17) is 23.2 Å². The van der Waals surface area contributed by atoms with Crippen LogP contribution in [0.15, 0.2) is 41.0 Å². The second kappa shape index (κ2) is 5.92. The minimum atomic E-state index is 0.448. The molecule has 1 aliphatic rings. The number of hydrogen-bond acceptors (Lipinski definition) is 2. The molecule has 1 aromatic carbocycles. The second-order valence-electron chi connectivity index (χ2n) is 5.05. The number of anilines is 1. The smallest absolute Gasteiger partial charge is 0.152 e. The van der Waals surface area contributed by atoms with Crippen molar-refractivity contribution >= 4 is 44.8 Å². The first-order chi connectivity index (χ1) is 9.61. The summed E-state index contributed by atoms with van der Waals surface area (Å²) in [6, 6.07) is 10.5. The summed E-state index contributed by atoms with van der Waals surface area (Å²) in [5.41, 5.74) is 2.24. The fourth-order valence-corrected chi connectivity index (χ4v) is 3.10. The van der Waals surface area contributed by atoms with E-state index in [-0.39, 0.29) is 0 Å². The van der Waals surface area contributed by atoms with Gasteiger partial charge in [0.05, 0.1) is 5.69 Å². The largest absolute Gasteiger partial charge is 0.380 e. The van der Waals surface area contributed by atoms with Crippen molar-refractivity contribution in [3.05, 3.63) is 56.7 Å². The minimum Gasteiger partial charge on any atom is -0.380 e. The van der Waals surface area contributed by atoms with Gasteiger partial charge in [0.2, 0.25) is 0 Å². The quantitative estimate of drug-likeness (QED) is 0.719. The van der Waals surface area contributed by atoms with E-state index in [0.717, 1.165) is 28.0 Å². The van der Waals surface area contributed by atoms with Gasteiger partial charge < -0.3 is 5.32 Å². The molecule has 1 N–H and O–H groups in total. The summed E-state index contributed by atoms with van der Waals surface area (Å²) in [6.07, 6.45) is 3.90. The van der Waals surface area contributed by atoms with Crippen LogP contribution in [0.5, 0.6) is 0 Å². The maximum absolute atomic E-state index is 6.08. The van der Waals surface area contributed by atoms with Crippen molar-refractivity contribution in [1.29, 1.82) is 0 Å². The molecule has 1 heterocycles. The highest BCUT2D eigenvalue weighted by Gasteiger charge is 2.30. The zero-order valence-corrected chi connectivity index (χ0v) is 13.7. The Morgan fingerprint density at radius 1 is 1.15 bits per heavy atom. The van der Waals surface area contributed by atoms with E-state index in [9.17, 15) is 0 Å². The van der Waals surface area contributed by atoms with Crippen molar-refractivity contribution < 1.29 is 0 Å². The highest BCUT2D eigenvalue weighted by Crippen LogP contribution is 2.39. The number of aromatic nitrogens is 1. The van der Waals surface area contributed by atoms with E-state index < -0.39 is 0 Å². The summed E-state index contributed by atoms with van der Waals surface area (Å²) in [5.74, 6) is 0.601. The summed E-state index contributed by atoms with van der Waals surface area (Å²) in [5, 5.41) is 4.75. The monoisotopic (exact) mass is 370 g/mol. The fraction of sp³-hybridized carbons (Fsp3) is 0.267. The van der Waals surface area contributed by atoms with Crippen molar-refractivity contribution in [2.45, 2.75) is 24.8 Å². The zero-order chi connectivity index (χ0) is 14.1. The summed E-state index contributed by atoms with van der Waals surface area (Å²) in [6.45, 7) is 0. The highest BCUT2D eigenvalue weighted by molar-refractivity contribution is 9.10. The van der Waals surface area contributed by atoms with Crippen LogP contribution in [0.25, 0.3) is 0 Å². The normalized spacial score (nSPS) is 21.4. The van der Waals surface area contributed by atoms with Crippen LogP contribution in [-0.4, -0.2) is 11.0 Å². The molecule has 3 rings (SSSR count). The molecule has 0 amide bonds. The lowest BCUT2D eigenvalue weighted by atomic mass is 9.76. The molecule has 1 saturated carbocycles. The molecule has 2 aromatic rings. The van der Waals surface area contributed by atoms with Crippen molar-refractivity contribution in [2.75, 3.05) is 5.32 Å². The van der Waals surface area contributed by atoms with Gasteiger partial charge in [-0.15, -0.1) is 0 Å². The molecular weight excluding hydrogens is 359 g/mol. The van der Waals surface area contributed by atoms with Crippen LogP contribution in [0.4, 0.5) is 5.69 Å². The average Bonchev–Trinajstić information content (AvgIpc) is 2.39. The van der Waals surface area contributed by atoms with E-state index in [2.05, 4.69) is 38.4 Å². The van der Waals surface area contributed by atoms with Crippen LogP contribution in [-0.2, 0) is 0 Å². The number of halogens is 3. The Labute approximate surface area is 136 Å². The molecule has 2 nitrogen and oxygen atoms in total. The van der Waals surface area contributed by atoms with Gasteiger partial charge in [-0.2, -0.15) is 0 Å². The molecule has 1 aromatic heterocycles. The molecule has 0 aliphatic heterocycles. The lowest BCUT2D eigenvalue weighted by molar-refractivity contribution is 0.374. The standard InChI is InChI=1S/C15H13BrCl2N2/c16-11-7-14(15(18)19-8-11)20-13-5-10(6-13)9-1-3-12(17)4-2-9/h1-4,7-8,10,13,20H,5-6H2. The molecule has 1 aliphatic carbocycles. The van der Waals surface area contributed by atoms with Gasteiger partial charge in [-0.25, -0.2) is 4.98 Å². The van der Waals surface area contributed by atoms with Crippen molar-refractivity contribution in [3.63, 3.8) is 0 Å². The Kier molecular flexibility index (Phi) is 4.20. The predicted octanol–water partition coefficient (Wildman–Crippen LogP) is 5.51. The van der Waals surface area contributed by atoms with Gasteiger partial charge in [-0.05, 0) is 58.5 Å². The topological polar surface area (TPSA) is 24.9 Å². The third kappa shape index (κ3) is 3.11. The first kappa shape index (κ1) is 14.2. The first-order valence-corrected chi connectivity index (χ1v) is 8.00. The molecule has 104 valence electrons. The van der Waals surface area contributed by atoms with Crippen LogP contribution in [0.3, 0.4) is 0 Å². The van der Waals surface area contributed by atoms with Crippen LogP contribution in [0, 0.1) is 0 Å². The van der Waals surface area contributed by atoms with Crippen molar-refractivity contribution in [1.82, 2.24) is 4.98 Å². The molecule has 0 atom stereocenters. The molecule has 0 radical (unpaired) electrons. The van der Waals surface area contributed by atoms with Gasteiger partial charge in [-0.1, -0.05) is 35.3 Å². The predicted molar refractivity (Wildman–Crippen MR) is 87.8 cm³/mol. The van der Waals surface area contributed by atoms with E-state index >= 15 is 0 Å². The Balaban J connectivity index is 1.60. The SMILES string of the molecule is Clc1ccc(C2CC(Nc3cc(Br)cnc3Cl)C2)cc1. The number of nitrogens with one attached hydrogen (secondary N) is 1. The van der Waals surface area contributed by atoms with Crippen LogP contribution in [0.2, 0.25) is 10.2 Å².